The second-order valence-electron chi connectivity index (χ2n) is 4.06. The van der Waals surface area contributed by atoms with Gasteiger partial charge >= 0.3 is 5.69 Å². The van der Waals surface area contributed by atoms with E-state index in [2.05, 4.69) is 10.6 Å². The van der Waals surface area contributed by atoms with Crippen molar-refractivity contribution < 1.29 is 14.1 Å². The first kappa shape index (κ1) is 12.4. The molecule has 0 aliphatic carbocycles. The molecule has 2 N–H and O–H groups in total. The van der Waals surface area contributed by atoms with Gasteiger partial charge in [0.05, 0.1) is 11.0 Å². The molecule has 0 unspecified atom stereocenters. The quantitative estimate of drug-likeness (QED) is 0.630. The number of carbonyl (C=O) groups excluding carboxylic acids is 1. The number of nitrogens with one attached hydrogen (secondary N) is 2. The van der Waals surface area contributed by atoms with Gasteiger partial charge in [0.15, 0.2) is 0 Å². The summed E-state index contributed by atoms with van der Waals surface area (Å²) in [6.45, 7) is 0.784. The first-order valence-electron chi connectivity index (χ1n) is 5.56. The van der Waals surface area contributed by atoms with Crippen molar-refractivity contribution in [3.05, 3.63) is 34.1 Å². The lowest BCUT2D eigenvalue weighted by Crippen LogP contribution is -2.35. The van der Waals surface area contributed by atoms with Crippen molar-refractivity contribution in [3.8, 4) is 0 Å². The standard InChI is InChI=1S/C11H12FN3O3/c12-8-6-7(3-4-10(8)15(17)18)14-11(16)9-2-1-5-13-9/h3-4,6,9,13H,1-2,5H2,(H,14,16)/t9-/m1/s1. The van der Waals surface area contributed by atoms with E-state index in [9.17, 15) is 19.3 Å². The number of hydrogen-bond acceptors (Lipinski definition) is 4. The number of nitro benzene ring substituents is 1. The largest absolute Gasteiger partial charge is 0.325 e. The molecule has 18 heavy (non-hydrogen) atoms. The third-order valence-electron chi connectivity index (χ3n) is 2.79. The molecule has 7 heteroatoms. The van der Waals surface area contributed by atoms with Crippen LogP contribution in [-0.4, -0.2) is 23.4 Å². The molecule has 0 saturated carbocycles. The van der Waals surface area contributed by atoms with Crippen LogP contribution in [0.25, 0.3) is 0 Å². The number of benzene rings is 1. The molecule has 0 radical (unpaired) electrons. The lowest BCUT2D eigenvalue weighted by Gasteiger charge is -2.10. The number of anilines is 1. The minimum atomic E-state index is -0.961. The maximum absolute atomic E-state index is 13.3. The SMILES string of the molecule is O=C(Nc1ccc([N+](=O)[O-])c(F)c1)[C@H]1CCCN1. The number of hydrogen-bond donors (Lipinski definition) is 2. The molecule has 1 saturated heterocycles. The van der Waals surface area contributed by atoms with Crippen LogP contribution in [0.3, 0.4) is 0 Å². The Hall–Kier alpha value is -2.02. The monoisotopic (exact) mass is 253 g/mol. The van der Waals surface area contributed by atoms with Crippen LogP contribution in [0.2, 0.25) is 0 Å². The zero-order chi connectivity index (χ0) is 13.1. The van der Waals surface area contributed by atoms with E-state index in [4.69, 9.17) is 0 Å². The molecule has 1 fully saturated rings. The molecule has 1 aliphatic heterocycles. The number of amides is 1. The average molecular weight is 253 g/mol. The van der Waals surface area contributed by atoms with E-state index in [1.165, 1.54) is 6.07 Å². The van der Waals surface area contributed by atoms with Crippen LogP contribution < -0.4 is 10.6 Å². The van der Waals surface area contributed by atoms with Gasteiger partial charge in [-0.3, -0.25) is 14.9 Å². The Morgan fingerprint density at radius 1 is 1.56 bits per heavy atom. The fourth-order valence-electron chi connectivity index (χ4n) is 1.87. The van der Waals surface area contributed by atoms with Crippen molar-refractivity contribution in [3.63, 3.8) is 0 Å². The van der Waals surface area contributed by atoms with E-state index in [1.54, 1.807) is 0 Å². The number of halogens is 1. The van der Waals surface area contributed by atoms with Crippen LogP contribution >= 0.6 is 0 Å². The molecule has 1 atom stereocenters. The lowest BCUT2D eigenvalue weighted by molar-refractivity contribution is -0.387. The van der Waals surface area contributed by atoms with Crippen LogP contribution in [-0.2, 0) is 4.79 Å². The topological polar surface area (TPSA) is 84.3 Å². The Balaban J connectivity index is 2.07. The highest BCUT2D eigenvalue weighted by molar-refractivity contribution is 5.95. The van der Waals surface area contributed by atoms with Gasteiger partial charge in [0.1, 0.15) is 0 Å². The number of carbonyl (C=O) groups is 1. The number of rotatable bonds is 3. The fourth-order valence-corrected chi connectivity index (χ4v) is 1.87. The number of nitro groups is 1. The van der Waals surface area contributed by atoms with Gasteiger partial charge < -0.3 is 10.6 Å². The zero-order valence-corrected chi connectivity index (χ0v) is 9.48. The number of nitrogens with zero attached hydrogens (tertiary/aromatic N) is 1. The molecule has 1 aromatic rings. The summed E-state index contributed by atoms with van der Waals surface area (Å²) in [5.74, 6) is -1.21. The summed E-state index contributed by atoms with van der Waals surface area (Å²) < 4.78 is 13.3. The smallest absolute Gasteiger partial charge is 0.304 e. The summed E-state index contributed by atoms with van der Waals surface area (Å²) in [7, 11) is 0. The highest BCUT2D eigenvalue weighted by Crippen LogP contribution is 2.21. The minimum absolute atomic E-state index is 0.219. The summed E-state index contributed by atoms with van der Waals surface area (Å²) in [6, 6.07) is 3.02. The predicted molar refractivity (Wildman–Crippen MR) is 62.7 cm³/mol. The molecule has 1 amide bonds. The van der Waals surface area contributed by atoms with Gasteiger partial charge in [-0.1, -0.05) is 0 Å². The van der Waals surface area contributed by atoms with Crippen LogP contribution in [0.15, 0.2) is 18.2 Å². The Kier molecular flexibility index (Phi) is 3.52. The van der Waals surface area contributed by atoms with Crippen molar-refractivity contribution in [1.82, 2.24) is 5.32 Å². The molecule has 0 bridgehead atoms. The van der Waals surface area contributed by atoms with E-state index < -0.39 is 16.4 Å². The highest BCUT2D eigenvalue weighted by atomic mass is 19.1. The molecular weight excluding hydrogens is 241 g/mol. The average Bonchev–Trinajstić information content (AvgIpc) is 2.81. The van der Waals surface area contributed by atoms with Gasteiger partial charge in [0.2, 0.25) is 11.7 Å². The third kappa shape index (κ3) is 2.62. The molecule has 2 rings (SSSR count). The maximum atomic E-state index is 13.3. The lowest BCUT2D eigenvalue weighted by atomic mass is 10.2. The van der Waals surface area contributed by atoms with E-state index in [-0.39, 0.29) is 17.6 Å². The molecule has 0 spiro atoms. The van der Waals surface area contributed by atoms with E-state index in [0.717, 1.165) is 31.5 Å². The minimum Gasteiger partial charge on any atom is -0.325 e. The van der Waals surface area contributed by atoms with Gasteiger partial charge in [-0.15, -0.1) is 0 Å². The van der Waals surface area contributed by atoms with Gasteiger partial charge in [-0.05, 0) is 25.5 Å². The predicted octanol–water partition coefficient (Wildman–Crippen LogP) is 1.42. The first-order chi connectivity index (χ1) is 8.58. The Bertz CT molecular complexity index is 486. The highest BCUT2D eigenvalue weighted by Gasteiger charge is 2.22. The van der Waals surface area contributed by atoms with Crippen molar-refractivity contribution in [1.29, 1.82) is 0 Å². The van der Waals surface area contributed by atoms with Crippen molar-refractivity contribution in [2.45, 2.75) is 18.9 Å². The molecular formula is C11H12FN3O3. The Morgan fingerprint density at radius 3 is 2.89 bits per heavy atom. The van der Waals surface area contributed by atoms with Crippen molar-refractivity contribution >= 4 is 17.3 Å². The summed E-state index contributed by atoms with van der Waals surface area (Å²) in [5.41, 5.74) is -0.385. The van der Waals surface area contributed by atoms with Gasteiger partial charge in [-0.2, -0.15) is 4.39 Å². The van der Waals surface area contributed by atoms with Crippen LogP contribution in [0.1, 0.15) is 12.8 Å². The first-order valence-corrected chi connectivity index (χ1v) is 5.56. The summed E-state index contributed by atoms with van der Waals surface area (Å²) >= 11 is 0. The fraction of sp³-hybridized carbons (Fsp3) is 0.364. The molecule has 0 aromatic heterocycles. The second-order valence-corrected chi connectivity index (χ2v) is 4.06. The zero-order valence-electron chi connectivity index (χ0n) is 9.48. The van der Waals surface area contributed by atoms with Crippen LogP contribution in [0, 0.1) is 15.9 Å². The van der Waals surface area contributed by atoms with E-state index >= 15 is 0 Å². The molecule has 1 aliphatic rings. The maximum Gasteiger partial charge on any atom is 0.304 e. The summed E-state index contributed by atoms with van der Waals surface area (Å²) in [4.78, 5) is 21.3. The van der Waals surface area contributed by atoms with Crippen LogP contribution in [0.5, 0.6) is 0 Å². The van der Waals surface area contributed by atoms with Crippen molar-refractivity contribution in [2.75, 3.05) is 11.9 Å². The summed E-state index contributed by atoms with van der Waals surface area (Å²) in [6.07, 6.45) is 1.66. The van der Waals surface area contributed by atoms with Crippen LogP contribution in [0.4, 0.5) is 15.8 Å². The summed E-state index contributed by atoms with van der Waals surface area (Å²) in [5, 5.41) is 16.0. The molecule has 6 nitrogen and oxygen atoms in total. The second kappa shape index (κ2) is 5.09. The van der Waals surface area contributed by atoms with Gasteiger partial charge in [0, 0.05) is 17.8 Å². The van der Waals surface area contributed by atoms with Gasteiger partial charge in [-0.25, -0.2) is 0 Å². The molecule has 1 aromatic carbocycles. The normalized spacial score (nSPS) is 18.6. The Morgan fingerprint density at radius 2 is 2.33 bits per heavy atom. The molecule has 96 valence electrons. The Labute approximate surface area is 102 Å². The van der Waals surface area contributed by atoms with E-state index in [1.807, 2.05) is 0 Å². The molecule has 1 heterocycles. The third-order valence-corrected chi connectivity index (χ3v) is 2.79. The van der Waals surface area contributed by atoms with E-state index in [0.29, 0.717) is 0 Å². The van der Waals surface area contributed by atoms with Gasteiger partial charge in [0.25, 0.3) is 0 Å². The van der Waals surface area contributed by atoms with Crippen molar-refractivity contribution in [2.24, 2.45) is 0 Å².